The predicted octanol–water partition coefficient (Wildman–Crippen LogP) is 4.29. The van der Waals surface area contributed by atoms with Crippen molar-refractivity contribution in [3.8, 4) is 5.75 Å². The first-order valence-corrected chi connectivity index (χ1v) is 9.49. The number of rotatable bonds is 5. The van der Waals surface area contributed by atoms with E-state index in [0.29, 0.717) is 22.0 Å². The van der Waals surface area contributed by atoms with E-state index in [4.69, 9.17) is 16.3 Å². The minimum absolute atomic E-state index is 0.0418. The van der Waals surface area contributed by atoms with Crippen LogP contribution in [0.4, 0.5) is 5.69 Å². The fourth-order valence-corrected chi connectivity index (χ4v) is 3.21. The molecule has 0 atom stereocenters. The van der Waals surface area contributed by atoms with E-state index in [1.807, 2.05) is 11.8 Å². The Balaban J connectivity index is 1.63. The summed E-state index contributed by atoms with van der Waals surface area (Å²) in [6, 6.07) is 12.3. The predicted molar refractivity (Wildman–Crippen MR) is 107 cm³/mol. The van der Waals surface area contributed by atoms with Crippen molar-refractivity contribution in [1.29, 1.82) is 0 Å². The number of likely N-dealkylation sites (tertiary alicyclic amines) is 1. The maximum atomic E-state index is 12.8. The van der Waals surface area contributed by atoms with Gasteiger partial charge in [-0.1, -0.05) is 23.7 Å². The Bertz CT molecular complexity index is 832. The highest BCUT2D eigenvalue weighted by molar-refractivity contribution is 6.31. The van der Waals surface area contributed by atoms with Crippen molar-refractivity contribution in [3.05, 3.63) is 58.6 Å². The summed E-state index contributed by atoms with van der Waals surface area (Å²) in [5.74, 6) is 0.214. The molecule has 27 heavy (non-hydrogen) atoms. The van der Waals surface area contributed by atoms with E-state index in [9.17, 15) is 9.59 Å². The molecule has 1 aliphatic rings. The quantitative estimate of drug-likeness (QED) is 0.833. The van der Waals surface area contributed by atoms with Gasteiger partial charge in [0.25, 0.3) is 11.8 Å². The summed E-state index contributed by atoms with van der Waals surface area (Å²) in [5, 5.41) is 3.44. The minimum atomic E-state index is -0.318. The number of ether oxygens (including phenoxy) is 1. The zero-order chi connectivity index (χ0) is 19.2. The molecule has 0 spiro atoms. The van der Waals surface area contributed by atoms with Gasteiger partial charge in [-0.3, -0.25) is 9.59 Å². The second-order valence-corrected chi connectivity index (χ2v) is 7.05. The number of nitrogens with zero attached hydrogens (tertiary/aromatic N) is 1. The van der Waals surface area contributed by atoms with Gasteiger partial charge in [-0.2, -0.15) is 0 Å². The van der Waals surface area contributed by atoms with E-state index in [0.717, 1.165) is 37.9 Å². The lowest BCUT2D eigenvalue weighted by molar-refractivity contribution is -0.118. The number of aryl methyl sites for hydroxylation is 1. The molecule has 1 aliphatic heterocycles. The Labute approximate surface area is 164 Å². The van der Waals surface area contributed by atoms with Gasteiger partial charge in [0.1, 0.15) is 5.75 Å². The summed E-state index contributed by atoms with van der Waals surface area (Å²) >= 11 is 5.99. The van der Waals surface area contributed by atoms with Crippen LogP contribution in [0.15, 0.2) is 42.5 Å². The van der Waals surface area contributed by atoms with Crippen LogP contribution in [0, 0.1) is 6.92 Å². The molecule has 0 bridgehead atoms. The number of nitrogens with one attached hydrogen (secondary N) is 1. The third-order valence-corrected chi connectivity index (χ3v) is 5.00. The van der Waals surface area contributed by atoms with Gasteiger partial charge in [-0.15, -0.1) is 0 Å². The molecule has 0 unspecified atom stereocenters. The lowest BCUT2D eigenvalue weighted by atomic mass is 10.1. The van der Waals surface area contributed by atoms with Crippen molar-refractivity contribution in [1.82, 2.24) is 4.90 Å². The zero-order valence-corrected chi connectivity index (χ0v) is 16.1. The number of benzene rings is 2. The Hall–Kier alpha value is -2.53. The fourth-order valence-electron chi connectivity index (χ4n) is 3.09. The number of para-hydroxylation sites is 1. The highest BCUT2D eigenvalue weighted by Crippen LogP contribution is 2.22. The van der Waals surface area contributed by atoms with Gasteiger partial charge in [0, 0.05) is 18.1 Å². The fraction of sp³-hybridized carbons (Fsp3) is 0.333. The zero-order valence-electron chi connectivity index (χ0n) is 15.3. The Kier molecular flexibility index (Phi) is 6.35. The smallest absolute Gasteiger partial charge is 0.262 e. The van der Waals surface area contributed by atoms with Crippen molar-refractivity contribution < 1.29 is 14.3 Å². The van der Waals surface area contributed by atoms with Crippen molar-refractivity contribution >= 4 is 29.1 Å². The van der Waals surface area contributed by atoms with Gasteiger partial charge >= 0.3 is 0 Å². The summed E-state index contributed by atoms with van der Waals surface area (Å²) in [4.78, 5) is 26.9. The monoisotopic (exact) mass is 386 g/mol. The van der Waals surface area contributed by atoms with E-state index in [1.54, 1.807) is 42.5 Å². The molecular weight excluding hydrogens is 364 g/mol. The second-order valence-electron chi connectivity index (χ2n) is 6.65. The van der Waals surface area contributed by atoms with Crippen LogP contribution in [0.3, 0.4) is 0 Å². The van der Waals surface area contributed by atoms with Crippen LogP contribution in [0.5, 0.6) is 5.75 Å². The van der Waals surface area contributed by atoms with Crippen LogP contribution in [0.2, 0.25) is 5.02 Å². The van der Waals surface area contributed by atoms with E-state index in [-0.39, 0.29) is 18.4 Å². The largest absolute Gasteiger partial charge is 0.484 e. The number of carbonyl (C=O) groups is 2. The Morgan fingerprint density at radius 3 is 2.59 bits per heavy atom. The summed E-state index contributed by atoms with van der Waals surface area (Å²) < 4.78 is 5.53. The summed E-state index contributed by atoms with van der Waals surface area (Å²) in [6.45, 7) is 3.26. The summed E-state index contributed by atoms with van der Waals surface area (Å²) in [5.41, 5.74) is 1.90. The molecule has 0 aliphatic carbocycles. The van der Waals surface area contributed by atoms with Gasteiger partial charge in [0.15, 0.2) is 6.61 Å². The molecule has 5 nitrogen and oxygen atoms in total. The molecule has 1 fully saturated rings. The lowest BCUT2D eigenvalue weighted by Crippen LogP contribution is -2.36. The van der Waals surface area contributed by atoms with Gasteiger partial charge in [-0.25, -0.2) is 0 Å². The molecular formula is C21H23ClN2O3. The van der Waals surface area contributed by atoms with Gasteiger partial charge in [0.2, 0.25) is 0 Å². The molecule has 2 aromatic carbocycles. The normalized spacial score (nSPS) is 13.9. The average molecular weight is 387 g/mol. The highest BCUT2D eigenvalue weighted by Gasteiger charge is 2.21. The van der Waals surface area contributed by atoms with E-state index >= 15 is 0 Å². The van der Waals surface area contributed by atoms with E-state index in [2.05, 4.69) is 5.32 Å². The Morgan fingerprint density at radius 1 is 1.11 bits per heavy atom. The molecule has 0 radical (unpaired) electrons. The molecule has 1 heterocycles. The van der Waals surface area contributed by atoms with Gasteiger partial charge < -0.3 is 15.0 Å². The lowest BCUT2D eigenvalue weighted by Gasteiger charge is -2.27. The molecule has 142 valence electrons. The van der Waals surface area contributed by atoms with Crippen molar-refractivity contribution in [2.75, 3.05) is 25.0 Å². The molecule has 0 saturated carbocycles. The number of hydrogen-bond donors (Lipinski definition) is 1. The van der Waals surface area contributed by atoms with Crippen LogP contribution in [-0.4, -0.2) is 36.4 Å². The van der Waals surface area contributed by atoms with Gasteiger partial charge in [0.05, 0.1) is 11.3 Å². The number of amides is 2. The molecule has 2 aromatic rings. The summed E-state index contributed by atoms with van der Waals surface area (Å²) in [7, 11) is 0. The first-order chi connectivity index (χ1) is 13.0. The highest BCUT2D eigenvalue weighted by atomic mass is 35.5. The topological polar surface area (TPSA) is 58.6 Å². The van der Waals surface area contributed by atoms with Crippen LogP contribution in [0.25, 0.3) is 0 Å². The van der Waals surface area contributed by atoms with Crippen LogP contribution < -0.4 is 10.1 Å². The number of carbonyl (C=O) groups excluding carboxylic acids is 2. The average Bonchev–Trinajstić information content (AvgIpc) is 2.69. The van der Waals surface area contributed by atoms with Crippen LogP contribution in [-0.2, 0) is 4.79 Å². The molecule has 6 heteroatoms. The number of hydrogen-bond acceptors (Lipinski definition) is 3. The van der Waals surface area contributed by atoms with E-state index in [1.165, 1.54) is 0 Å². The summed E-state index contributed by atoms with van der Waals surface area (Å²) in [6.07, 6.45) is 3.20. The van der Waals surface area contributed by atoms with Crippen molar-refractivity contribution in [2.45, 2.75) is 26.2 Å². The first-order valence-electron chi connectivity index (χ1n) is 9.12. The maximum Gasteiger partial charge on any atom is 0.262 e. The standard InChI is InChI=1S/C21H23ClN2O3/c1-15-13-16(9-10-18(15)22)27-14-20(25)23-19-8-4-3-7-17(19)21(26)24-11-5-2-6-12-24/h3-4,7-10,13H,2,5-6,11-12,14H2,1H3,(H,23,25). The molecule has 0 aromatic heterocycles. The second kappa shape index (κ2) is 8.91. The molecule has 3 rings (SSSR count). The Morgan fingerprint density at radius 2 is 1.85 bits per heavy atom. The molecule has 1 saturated heterocycles. The number of piperidine rings is 1. The van der Waals surface area contributed by atoms with Gasteiger partial charge in [-0.05, 0) is 62.1 Å². The number of anilines is 1. The SMILES string of the molecule is Cc1cc(OCC(=O)Nc2ccccc2C(=O)N2CCCCC2)ccc1Cl. The van der Waals surface area contributed by atoms with E-state index < -0.39 is 0 Å². The number of halogens is 1. The first kappa shape index (κ1) is 19.2. The van der Waals surface area contributed by atoms with Crippen LogP contribution >= 0.6 is 11.6 Å². The molecule has 1 N–H and O–H groups in total. The van der Waals surface area contributed by atoms with Crippen LogP contribution in [0.1, 0.15) is 35.2 Å². The third kappa shape index (κ3) is 5.01. The third-order valence-electron chi connectivity index (χ3n) is 4.57. The maximum absolute atomic E-state index is 12.8. The molecule has 2 amide bonds. The minimum Gasteiger partial charge on any atom is -0.484 e. The van der Waals surface area contributed by atoms with Crippen molar-refractivity contribution in [2.24, 2.45) is 0 Å². The van der Waals surface area contributed by atoms with Crippen molar-refractivity contribution in [3.63, 3.8) is 0 Å².